The van der Waals surface area contributed by atoms with Crippen LogP contribution < -0.4 is 0 Å². The zero-order chi connectivity index (χ0) is 15.0. The van der Waals surface area contributed by atoms with E-state index in [4.69, 9.17) is 4.74 Å². The van der Waals surface area contributed by atoms with Crippen molar-refractivity contribution in [2.75, 3.05) is 12.9 Å². The van der Waals surface area contributed by atoms with Gasteiger partial charge in [-0.3, -0.25) is 4.79 Å². The van der Waals surface area contributed by atoms with Gasteiger partial charge < -0.3 is 9.84 Å². The number of rotatable bonds is 1. The first kappa shape index (κ1) is 17.5. The summed E-state index contributed by atoms with van der Waals surface area (Å²) >= 11 is 1.38. The van der Waals surface area contributed by atoms with E-state index in [1.54, 1.807) is 7.11 Å². The van der Waals surface area contributed by atoms with E-state index >= 15 is 0 Å². The normalized spacial score (nSPS) is 34.9. The summed E-state index contributed by atoms with van der Waals surface area (Å²) in [5, 5.41) is 10.6. The van der Waals surface area contributed by atoms with Crippen LogP contribution in [0.5, 0.6) is 0 Å². The first-order valence-electron chi connectivity index (χ1n) is 7.25. The molecular weight excluding hydrogens is 272 g/mol. The van der Waals surface area contributed by atoms with Crippen molar-refractivity contribution in [1.29, 1.82) is 0 Å². The second kappa shape index (κ2) is 9.37. The topological polar surface area (TPSA) is 46.5 Å². The molecule has 0 radical (unpaired) electrons. The number of carbonyl (C=O) groups excluding carboxylic acids is 1. The highest BCUT2D eigenvalue weighted by Crippen LogP contribution is 2.19. The van der Waals surface area contributed by atoms with Crippen LogP contribution in [-0.2, 0) is 9.53 Å². The summed E-state index contributed by atoms with van der Waals surface area (Å²) < 4.78 is 5.36. The molecule has 3 atom stereocenters. The third kappa shape index (κ3) is 6.25. The Morgan fingerprint density at radius 2 is 2.15 bits per heavy atom. The van der Waals surface area contributed by atoms with Gasteiger partial charge in [0.05, 0.1) is 6.10 Å². The molecule has 0 fully saturated rings. The second-order valence-corrected chi connectivity index (χ2v) is 6.43. The van der Waals surface area contributed by atoms with Gasteiger partial charge in [-0.15, -0.1) is 0 Å². The van der Waals surface area contributed by atoms with Gasteiger partial charge in [0.15, 0.2) is 5.12 Å². The molecule has 1 N–H and O–H groups in total. The summed E-state index contributed by atoms with van der Waals surface area (Å²) in [6, 6.07) is 0. The summed E-state index contributed by atoms with van der Waals surface area (Å²) in [4.78, 5) is 11.7. The molecule has 0 unspecified atom stereocenters. The van der Waals surface area contributed by atoms with E-state index in [1.165, 1.54) is 11.8 Å². The predicted octanol–water partition coefficient (Wildman–Crippen LogP) is 3.33. The van der Waals surface area contributed by atoms with E-state index in [1.807, 2.05) is 32.1 Å². The molecule has 1 rings (SSSR count). The standard InChI is InChI=1S/C16H26O3S/c1-12-10-13(2)16(18)14(19-3)8-6-4-5-7-9-15(17)20-11-12/h6,8,10,13-14,16,18H,4-5,7,9,11H2,1-3H3/b8-6+,12-10-/t13-,14+,16+/m1/s1. The second-order valence-electron chi connectivity index (χ2n) is 5.40. The minimum atomic E-state index is -0.560. The largest absolute Gasteiger partial charge is 0.389 e. The van der Waals surface area contributed by atoms with E-state index in [9.17, 15) is 9.90 Å². The minimum absolute atomic E-state index is 0.00300. The number of ether oxygens (including phenoxy) is 1. The Morgan fingerprint density at radius 3 is 2.85 bits per heavy atom. The quantitative estimate of drug-likeness (QED) is 0.754. The molecule has 0 aromatic rings. The van der Waals surface area contributed by atoms with Crippen LogP contribution in [0.1, 0.15) is 39.5 Å². The fraction of sp³-hybridized carbons (Fsp3) is 0.688. The van der Waals surface area contributed by atoms with Crippen molar-refractivity contribution in [2.24, 2.45) is 5.92 Å². The van der Waals surface area contributed by atoms with Crippen molar-refractivity contribution in [3.8, 4) is 0 Å². The Kier molecular flexibility index (Phi) is 8.19. The summed E-state index contributed by atoms with van der Waals surface area (Å²) in [6.07, 6.45) is 8.69. The van der Waals surface area contributed by atoms with Gasteiger partial charge in [-0.25, -0.2) is 0 Å². The van der Waals surface area contributed by atoms with Gasteiger partial charge in [-0.05, 0) is 26.2 Å². The zero-order valence-corrected chi connectivity index (χ0v) is 13.5. The molecule has 0 bridgehead atoms. The number of allylic oxidation sites excluding steroid dienone is 1. The zero-order valence-electron chi connectivity index (χ0n) is 12.7. The highest BCUT2D eigenvalue weighted by atomic mass is 32.2. The molecule has 0 aliphatic carbocycles. The van der Waals surface area contributed by atoms with Crippen LogP contribution >= 0.6 is 11.8 Å². The molecule has 1 heterocycles. The third-order valence-corrected chi connectivity index (χ3v) is 4.61. The molecule has 1 aliphatic heterocycles. The summed E-state index contributed by atoms with van der Waals surface area (Å²) in [5.41, 5.74) is 1.13. The fourth-order valence-electron chi connectivity index (χ4n) is 2.25. The summed E-state index contributed by atoms with van der Waals surface area (Å²) in [5.74, 6) is 0.715. The average molecular weight is 298 g/mol. The number of hydrogen-bond donors (Lipinski definition) is 1. The minimum Gasteiger partial charge on any atom is -0.389 e. The van der Waals surface area contributed by atoms with Gasteiger partial charge in [0.2, 0.25) is 0 Å². The van der Waals surface area contributed by atoms with E-state index in [2.05, 4.69) is 0 Å². The van der Waals surface area contributed by atoms with Crippen LogP contribution in [-0.4, -0.2) is 35.3 Å². The number of aliphatic hydroxyl groups excluding tert-OH is 1. The number of thioether (sulfide) groups is 1. The lowest BCUT2D eigenvalue weighted by Gasteiger charge is -2.23. The molecule has 20 heavy (non-hydrogen) atoms. The molecule has 0 amide bonds. The summed E-state index contributed by atoms with van der Waals surface area (Å²) in [7, 11) is 1.62. The molecule has 4 heteroatoms. The number of aliphatic hydroxyl groups is 1. The van der Waals surface area contributed by atoms with Crippen molar-refractivity contribution in [3.63, 3.8) is 0 Å². The predicted molar refractivity (Wildman–Crippen MR) is 84.8 cm³/mol. The number of hydrogen-bond acceptors (Lipinski definition) is 4. The lowest BCUT2D eigenvalue weighted by atomic mass is 9.97. The Hall–Kier alpha value is -0.580. The molecule has 0 saturated carbocycles. The van der Waals surface area contributed by atoms with Gasteiger partial charge in [-0.1, -0.05) is 42.5 Å². The Bertz CT molecular complexity index is 363. The highest BCUT2D eigenvalue weighted by Gasteiger charge is 2.21. The Morgan fingerprint density at radius 1 is 1.40 bits per heavy atom. The third-order valence-electron chi connectivity index (χ3n) is 3.48. The first-order chi connectivity index (χ1) is 9.54. The van der Waals surface area contributed by atoms with Crippen LogP contribution in [0.2, 0.25) is 0 Å². The maximum atomic E-state index is 11.7. The van der Waals surface area contributed by atoms with Crippen molar-refractivity contribution in [1.82, 2.24) is 0 Å². The van der Waals surface area contributed by atoms with Gasteiger partial charge in [0, 0.05) is 25.2 Å². The fourth-order valence-corrected chi connectivity index (χ4v) is 3.03. The molecule has 0 aromatic heterocycles. The van der Waals surface area contributed by atoms with E-state index < -0.39 is 6.10 Å². The van der Waals surface area contributed by atoms with Crippen LogP contribution in [0.4, 0.5) is 0 Å². The van der Waals surface area contributed by atoms with Crippen LogP contribution in [0, 0.1) is 5.92 Å². The van der Waals surface area contributed by atoms with Crippen LogP contribution in [0.3, 0.4) is 0 Å². The molecule has 0 spiro atoms. The van der Waals surface area contributed by atoms with E-state index in [-0.39, 0.29) is 17.1 Å². The maximum Gasteiger partial charge on any atom is 0.189 e. The van der Waals surface area contributed by atoms with E-state index in [0.717, 1.165) is 24.8 Å². The lowest BCUT2D eigenvalue weighted by molar-refractivity contribution is -0.111. The van der Waals surface area contributed by atoms with Crippen molar-refractivity contribution in [2.45, 2.75) is 51.7 Å². The van der Waals surface area contributed by atoms with Gasteiger partial charge in [0.1, 0.15) is 6.10 Å². The van der Waals surface area contributed by atoms with Gasteiger partial charge in [-0.2, -0.15) is 0 Å². The van der Waals surface area contributed by atoms with Gasteiger partial charge >= 0.3 is 0 Å². The van der Waals surface area contributed by atoms with Crippen LogP contribution in [0.25, 0.3) is 0 Å². The van der Waals surface area contributed by atoms with Crippen molar-refractivity contribution >= 4 is 16.9 Å². The van der Waals surface area contributed by atoms with Crippen LogP contribution in [0.15, 0.2) is 23.8 Å². The number of carbonyl (C=O) groups is 1. The van der Waals surface area contributed by atoms with E-state index in [0.29, 0.717) is 12.2 Å². The molecule has 0 aromatic carbocycles. The van der Waals surface area contributed by atoms with Gasteiger partial charge in [0.25, 0.3) is 0 Å². The van der Waals surface area contributed by atoms with Crippen molar-refractivity contribution < 1.29 is 14.6 Å². The lowest BCUT2D eigenvalue weighted by Crippen LogP contribution is -2.31. The van der Waals surface area contributed by atoms with Crippen molar-refractivity contribution in [3.05, 3.63) is 23.8 Å². The molecule has 114 valence electrons. The monoisotopic (exact) mass is 298 g/mol. The smallest absolute Gasteiger partial charge is 0.189 e. The molecule has 3 nitrogen and oxygen atoms in total. The molecule has 0 saturated heterocycles. The highest BCUT2D eigenvalue weighted by molar-refractivity contribution is 8.13. The Labute approximate surface area is 126 Å². The SMILES string of the molecule is CO[C@H]1/C=C/CCCCC(=O)SC/C(C)=C\[C@@H](C)[C@@H]1O. The first-order valence-corrected chi connectivity index (χ1v) is 8.23. The maximum absolute atomic E-state index is 11.7. The number of methoxy groups -OCH3 is 1. The average Bonchev–Trinajstić information content (AvgIpc) is 2.43. The molecular formula is C16H26O3S. The molecule has 1 aliphatic rings. The Balaban J connectivity index is 2.78. The summed E-state index contributed by atoms with van der Waals surface area (Å²) in [6.45, 7) is 3.99.